The van der Waals surface area contributed by atoms with E-state index >= 15 is 0 Å². The number of fused-ring (bicyclic) bond motifs is 3. The van der Waals surface area contributed by atoms with Gasteiger partial charge in [-0.3, -0.25) is 4.79 Å². The summed E-state index contributed by atoms with van der Waals surface area (Å²) in [4.78, 5) is 11.8. The number of nitrogens with zero attached hydrogens (tertiary/aromatic N) is 1. The number of carbonyl (C=O) groups is 1. The summed E-state index contributed by atoms with van der Waals surface area (Å²) < 4.78 is 15.8. The lowest BCUT2D eigenvalue weighted by Crippen LogP contribution is -2.11. The fourth-order valence-electron chi connectivity index (χ4n) is 3.06. The Bertz CT molecular complexity index is 1030. The third-order valence-corrected chi connectivity index (χ3v) is 4.77. The summed E-state index contributed by atoms with van der Waals surface area (Å²) >= 11 is 1.62. The number of carbonyl (C=O) groups excluding carboxylic acids is 1. The molecule has 0 aliphatic carbocycles. The van der Waals surface area contributed by atoms with Gasteiger partial charge in [-0.05, 0) is 52.7 Å². The van der Waals surface area contributed by atoms with Gasteiger partial charge in [-0.2, -0.15) is 11.3 Å². The van der Waals surface area contributed by atoms with Crippen molar-refractivity contribution in [3.63, 3.8) is 0 Å². The van der Waals surface area contributed by atoms with Crippen molar-refractivity contribution in [3.05, 3.63) is 70.2 Å². The molecule has 23 heavy (non-hydrogen) atoms. The molecular formula is C18H13FN2OS. The molecule has 0 aliphatic rings. The van der Waals surface area contributed by atoms with E-state index in [0.29, 0.717) is 12.1 Å². The highest BCUT2D eigenvalue weighted by atomic mass is 32.1. The van der Waals surface area contributed by atoms with Crippen molar-refractivity contribution in [2.24, 2.45) is 5.73 Å². The number of thiophene rings is 1. The Morgan fingerprint density at radius 3 is 2.78 bits per heavy atom. The maximum Gasteiger partial charge on any atom is 0.249 e. The van der Waals surface area contributed by atoms with Gasteiger partial charge in [0.05, 0.1) is 11.0 Å². The molecule has 3 nitrogen and oxygen atoms in total. The van der Waals surface area contributed by atoms with Crippen molar-refractivity contribution in [3.8, 4) is 0 Å². The highest BCUT2D eigenvalue weighted by molar-refractivity contribution is 7.07. The van der Waals surface area contributed by atoms with Crippen molar-refractivity contribution in [1.82, 2.24) is 4.57 Å². The molecule has 0 fully saturated rings. The van der Waals surface area contributed by atoms with Gasteiger partial charge in [0.25, 0.3) is 0 Å². The van der Waals surface area contributed by atoms with E-state index in [4.69, 9.17) is 5.73 Å². The van der Waals surface area contributed by atoms with Gasteiger partial charge in [-0.1, -0.05) is 6.07 Å². The van der Waals surface area contributed by atoms with Crippen LogP contribution in [-0.2, 0) is 6.54 Å². The number of aromatic nitrogens is 1. The Hall–Kier alpha value is -2.66. The number of hydrogen-bond acceptors (Lipinski definition) is 2. The van der Waals surface area contributed by atoms with E-state index in [1.165, 1.54) is 12.1 Å². The van der Waals surface area contributed by atoms with E-state index in [1.54, 1.807) is 23.5 Å². The third-order valence-electron chi connectivity index (χ3n) is 4.04. The molecule has 4 rings (SSSR count). The molecule has 0 saturated heterocycles. The van der Waals surface area contributed by atoms with E-state index in [-0.39, 0.29) is 5.82 Å². The highest BCUT2D eigenvalue weighted by Crippen LogP contribution is 2.32. The molecule has 0 unspecified atom stereocenters. The van der Waals surface area contributed by atoms with Crippen molar-refractivity contribution >= 4 is 39.0 Å². The van der Waals surface area contributed by atoms with Gasteiger partial charge in [0.2, 0.25) is 5.91 Å². The van der Waals surface area contributed by atoms with Gasteiger partial charge in [-0.15, -0.1) is 0 Å². The molecule has 2 N–H and O–H groups in total. The van der Waals surface area contributed by atoms with E-state index in [0.717, 1.165) is 27.4 Å². The maximum atomic E-state index is 13.8. The zero-order valence-electron chi connectivity index (χ0n) is 12.1. The lowest BCUT2D eigenvalue weighted by Gasteiger charge is -2.06. The molecule has 2 heterocycles. The SMILES string of the molecule is NC(=O)c1cccc2c1c1ccc(F)cc1n2Cc1ccsc1. The average molecular weight is 324 g/mol. The van der Waals surface area contributed by atoms with Crippen molar-refractivity contribution in [1.29, 1.82) is 0 Å². The number of rotatable bonds is 3. The van der Waals surface area contributed by atoms with Crippen LogP contribution in [0.15, 0.2) is 53.2 Å². The van der Waals surface area contributed by atoms with Gasteiger partial charge in [0.1, 0.15) is 5.82 Å². The van der Waals surface area contributed by atoms with Crippen LogP contribution in [0.2, 0.25) is 0 Å². The van der Waals surface area contributed by atoms with Crippen LogP contribution in [0.3, 0.4) is 0 Å². The topological polar surface area (TPSA) is 48.0 Å². The van der Waals surface area contributed by atoms with E-state index in [1.807, 2.05) is 28.1 Å². The molecule has 0 atom stereocenters. The average Bonchev–Trinajstić information content (AvgIpc) is 3.14. The normalized spacial score (nSPS) is 11.3. The first-order valence-electron chi connectivity index (χ1n) is 7.16. The first-order valence-corrected chi connectivity index (χ1v) is 8.11. The highest BCUT2D eigenvalue weighted by Gasteiger charge is 2.17. The molecule has 2 aromatic heterocycles. The summed E-state index contributed by atoms with van der Waals surface area (Å²) in [6, 6.07) is 12.1. The van der Waals surface area contributed by atoms with Gasteiger partial charge in [0, 0.05) is 22.9 Å². The number of halogens is 1. The second kappa shape index (κ2) is 5.21. The van der Waals surface area contributed by atoms with Crippen LogP contribution in [0.1, 0.15) is 15.9 Å². The summed E-state index contributed by atoms with van der Waals surface area (Å²) in [5.41, 5.74) is 8.77. The van der Waals surface area contributed by atoms with E-state index < -0.39 is 5.91 Å². The first kappa shape index (κ1) is 14.0. The molecule has 114 valence electrons. The zero-order chi connectivity index (χ0) is 16.0. The summed E-state index contributed by atoms with van der Waals surface area (Å²) in [6.45, 7) is 0.620. The molecule has 4 aromatic rings. The Kier molecular flexibility index (Phi) is 3.16. The molecular weight excluding hydrogens is 311 g/mol. The molecule has 2 aromatic carbocycles. The Morgan fingerprint density at radius 2 is 2.04 bits per heavy atom. The molecule has 0 aliphatic heterocycles. The standard InChI is InChI=1S/C18H13FN2OS/c19-12-4-5-13-16(8-12)21(9-11-6-7-23-10-11)15-3-1-2-14(17(13)15)18(20)22/h1-8,10H,9H2,(H2,20,22). The van der Waals surface area contributed by atoms with Crippen LogP contribution >= 0.6 is 11.3 Å². The van der Waals surface area contributed by atoms with Gasteiger partial charge >= 0.3 is 0 Å². The smallest absolute Gasteiger partial charge is 0.249 e. The van der Waals surface area contributed by atoms with Crippen LogP contribution in [0.25, 0.3) is 21.8 Å². The quantitative estimate of drug-likeness (QED) is 0.605. The number of benzene rings is 2. The summed E-state index contributed by atoms with van der Waals surface area (Å²) in [5, 5.41) is 5.70. The lowest BCUT2D eigenvalue weighted by molar-refractivity contribution is 0.100. The fraction of sp³-hybridized carbons (Fsp3) is 0.0556. The molecule has 5 heteroatoms. The predicted molar refractivity (Wildman–Crippen MR) is 91.3 cm³/mol. The fourth-order valence-corrected chi connectivity index (χ4v) is 3.72. The van der Waals surface area contributed by atoms with Crippen LogP contribution in [-0.4, -0.2) is 10.5 Å². The number of amides is 1. The minimum Gasteiger partial charge on any atom is -0.366 e. The van der Waals surface area contributed by atoms with Crippen molar-refractivity contribution in [2.45, 2.75) is 6.54 Å². The zero-order valence-corrected chi connectivity index (χ0v) is 12.9. The number of hydrogen-bond donors (Lipinski definition) is 1. The molecule has 0 spiro atoms. The van der Waals surface area contributed by atoms with Crippen LogP contribution in [0.4, 0.5) is 4.39 Å². The Labute approximate surface area is 135 Å². The second-order valence-corrected chi connectivity index (χ2v) is 6.22. The lowest BCUT2D eigenvalue weighted by atomic mass is 10.1. The second-order valence-electron chi connectivity index (χ2n) is 5.44. The predicted octanol–water partition coefficient (Wildman–Crippen LogP) is 4.14. The van der Waals surface area contributed by atoms with Crippen LogP contribution in [0.5, 0.6) is 0 Å². The number of nitrogens with two attached hydrogens (primary N) is 1. The molecule has 0 bridgehead atoms. The molecule has 1 amide bonds. The van der Waals surface area contributed by atoms with Crippen molar-refractivity contribution in [2.75, 3.05) is 0 Å². The van der Waals surface area contributed by atoms with Gasteiger partial charge in [-0.25, -0.2) is 4.39 Å². The van der Waals surface area contributed by atoms with Crippen LogP contribution in [0, 0.1) is 5.82 Å². The minimum absolute atomic E-state index is 0.299. The molecule has 0 saturated carbocycles. The Morgan fingerprint density at radius 1 is 1.17 bits per heavy atom. The summed E-state index contributed by atoms with van der Waals surface area (Å²) in [5.74, 6) is -0.776. The van der Waals surface area contributed by atoms with E-state index in [2.05, 4.69) is 5.38 Å². The van der Waals surface area contributed by atoms with Gasteiger partial charge < -0.3 is 10.3 Å². The summed E-state index contributed by atoms with van der Waals surface area (Å²) in [7, 11) is 0. The van der Waals surface area contributed by atoms with E-state index in [9.17, 15) is 9.18 Å². The summed E-state index contributed by atoms with van der Waals surface area (Å²) in [6.07, 6.45) is 0. The molecule has 0 radical (unpaired) electrons. The Balaban J connectivity index is 2.11. The third kappa shape index (κ3) is 2.21. The first-order chi connectivity index (χ1) is 11.1. The maximum absolute atomic E-state index is 13.8. The van der Waals surface area contributed by atoms with Crippen LogP contribution < -0.4 is 5.73 Å². The monoisotopic (exact) mass is 324 g/mol. The van der Waals surface area contributed by atoms with Crippen molar-refractivity contribution < 1.29 is 9.18 Å². The van der Waals surface area contributed by atoms with Gasteiger partial charge in [0.15, 0.2) is 0 Å². The largest absolute Gasteiger partial charge is 0.366 e. The number of primary amides is 1. The minimum atomic E-state index is -0.477.